The number of hydrogen-bond donors (Lipinski definition) is 1. The van der Waals surface area contributed by atoms with Gasteiger partial charge in [-0.1, -0.05) is 95.7 Å². The van der Waals surface area contributed by atoms with Crippen molar-refractivity contribution in [1.82, 2.24) is 0 Å². The van der Waals surface area contributed by atoms with Crippen molar-refractivity contribution in [3.63, 3.8) is 0 Å². The molecular formula is C33H62O7Si2. The minimum atomic E-state index is -2.39. The molecule has 0 saturated heterocycles. The maximum atomic E-state index is 13.1. The van der Waals surface area contributed by atoms with Gasteiger partial charge in [0, 0.05) is 12.2 Å². The van der Waals surface area contributed by atoms with Gasteiger partial charge < -0.3 is 23.4 Å². The van der Waals surface area contributed by atoms with E-state index in [9.17, 15) is 14.7 Å². The van der Waals surface area contributed by atoms with Gasteiger partial charge in [-0.05, 0) is 59.2 Å². The van der Waals surface area contributed by atoms with Gasteiger partial charge in [0.25, 0.3) is 0 Å². The molecule has 0 bridgehead atoms. The molecule has 0 aliphatic rings. The molecular weight excluding hydrogens is 565 g/mol. The predicted molar refractivity (Wildman–Crippen MR) is 179 cm³/mol. The Labute approximate surface area is 259 Å². The lowest BCUT2D eigenvalue weighted by atomic mass is 10.2. The second-order valence-corrected chi connectivity index (χ2v) is 24.1. The third-order valence-electron chi connectivity index (χ3n) is 8.52. The lowest BCUT2D eigenvalue weighted by Crippen LogP contribution is -2.52. The number of carbonyl (C=O) groups excluding carboxylic acids is 2. The van der Waals surface area contributed by atoms with Gasteiger partial charge in [0.05, 0.1) is 12.2 Å². The minimum Gasteiger partial charge on any atom is -0.458 e. The lowest BCUT2D eigenvalue weighted by molar-refractivity contribution is -0.145. The van der Waals surface area contributed by atoms with Crippen LogP contribution >= 0.6 is 0 Å². The van der Waals surface area contributed by atoms with Gasteiger partial charge in [-0.3, -0.25) is 0 Å². The normalized spacial score (nSPS) is 16.3. The number of rotatable bonds is 19. The van der Waals surface area contributed by atoms with E-state index in [1.54, 1.807) is 26.0 Å². The molecule has 0 aromatic rings. The van der Waals surface area contributed by atoms with Crippen LogP contribution < -0.4 is 0 Å². The molecule has 4 atom stereocenters. The fraction of sp³-hybridized carbons (Fsp3) is 0.758. The van der Waals surface area contributed by atoms with E-state index in [0.717, 1.165) is 0 Å². The molecule has 0 unspecified atom stereocenters. The number of aliphatic hydroxyl groups is 1. The quantitative estimate of drug-likeness (QED) is 0.0668. The van der Waals surface area contributed by atoms with E-state index in [1.165, 1.54) is 18.2 Å². The van der Waals surface area contributed by atoms with E-state index >= 15 is 0 Å². The summed E-state index contributed by atoms with van der Waals surface area (Å²) in [7, 11) is -4.69. The maximum Gasteiger partial charge on any atom is 0.330 e. The second-order valence-electron chi connectivity index (χ2n) is 13.3. The number of hydrogen-bond acceptors (Lipinski definition) is 7. The first kappa shape index (κ1) is 40.5. The highest BCUT2D eigenvalue weighted by atomic mass is 28.4. The van der Waals surface area contributed by atoms with E-state index in [-0.39, 0.29) is 6.61 Å². The number of aliphatic hydroxyl groups excluding tert-OH is 1. The zero-order valence-corrected chi connectivity index (χ0v) is 31.0. The lowest BCUT2D eigenvalue weighted by Gasteiger charge is -2.45. The largest absolute Gasteiger partial charge is 0.458 e. The average molecular weight is 627 g/mol. The Morgan fingerprint density at radius 2 is 1.00 bits per heavy atom. The van der Waals surface area contributed by atoms with Gasteiger partial charge >= 0.3 is 11.9 Å². The minimum absolute atomic E-state index is 0.105. The van der Waals surface area contributed by atoms with Gasteiger partial charge in [0.15, 0.2) is 0 Å². The van der Waals surface area contributed by atoms with Crippen molar-refractivity contribution in [2.45, 2.75) is 155 Å². The fourth-order valence-electron chi connectivity index (χ4n) is 6.70. The van der Waals surface area contributed by atoms with Crippen molar-refractivity contribution in [2.24, 2.45) is 0 Å². The summed E-state index contributed by atoms with van der Waals surface area (Å²) in [6, 6.07) is 0. The first-order valence-corrected chi connectivity index (χ1v) is 20.0. The van der Waals surface area contributed by atoms with E-state index in [0.29, 0.717) is 33.2 Å². The van der Waals surface area contributed by atoms with Crippen molar-refractivity contribution in [3.8, 4) is 0 Å². The van der Waals surface area contributed by atoms with Crippen LogP contribution in [0.3, 0.4) is 0 Å². The summed E-state index contributed by atoms with van der Waals surface area (Å²) in [4.78, 5) is 25.4. The summed E-state index contributed by atoms with van der Waals surface area (Å²) in [6.07, 6.45) is 4.65. The van der Waals surface area contributed by atoms with Gasteiger partial charge in [-0.25, -0.2) is 9.59 Å². The van der Waals surface area contributed by atoms with Gasteiger partial charge in [-0.2, -0.15) is 0 Å². The third-order valence-corrected chi connectivity index (χ3v) is 20.7. The summed E-state index contributed by atoms with van der Waals surface area (Å²) in [5.74, 6) is -1.08. The number of esters is 2. The standard InChI is InChI=1S/C33H62O7Si2/c1-16-21-37-32(35)19-18-31(40-42(25(8)9,26(10)11)27(12)13)29(15)38-33(36)20-17-30(28(14)34)39-41(22(2)3,23(4)5)24(6)7/h16-20,22-31,34H,1,21H2,2-15H3/b19-18+,20-17+/t28-,29-,30+,31+/m0/s1. The first-order valence-electron chi connectivity index (χ1n) is 15.7. The Morgan fingerprint density at radius 3 is 1.36 bits per heavy atom. The van der Waals surface area contributed by atoms with Gasteiger partial charge in [0.1, 0.15) is 18.8 Å². The molecule has 0 aliphatic carbocycles. The smallest absolute Gasteiger partial charge is 0.330 e. The Hall–Kier alpha value is -1.53. The van der Waals surface area contributed by atoms with Crippen LogP contribution in [-0.4, -0.2) is 64.7 Å². The highest BCUT2D eigenvalue weighted by Gasteiger charge is 2.48. The monoisotopic (exact) mass is 626 g/mol. The van der Waals surface area contributed by atoms with Crippen molar-refractivity contribution in [3.05, 3.63) is 37.0 Å². The van der Waals surface area contributed by atoms with E-state index in [4.69, 9.17) is 18.3 Å². The molecule has 1 N–H and O–H groups in total. The Morgan fingerprint density at radius 1 is 0.643 bits per heavy atom. The SMILES string of the molecule is C=CCOC(=O)/C=C/[C@@H](O[Si](C(C)C)(C(C)C)C(C)C)[C@H](C)OC(=O)/C=C/[C@@H](O[Si](C(C)C)(C(C)C)C(C)C)[C@H](C)O. The summed E-state index contributed by atoms with van der Waals surface area (Å²) < 4.78 is 24.6. The third kappa shape index (κ3) is 10.9. The predicted octanol–water partition coefficient (Wildman–Crippen LogP) is 8.26. The molecule has 0 amide bonds. The zero-order valence-electron chi connectivity index (χ0n) is 29.0. The van der Waals surface area contributed by atoms with Crippen LogP contribution in [0, 0.1) is 0 Å². The van der Waals surface area contributed by atoms with Gasteiger partial charge in [0.2, 0.25) is 16.6 Å². The Balaban J connectivity index is 6.20. The topological polar surface area (TPSA) is 91.3 Å². The summed E-state index contributed by atoms with van der Waals surface area (Å²) >= 11 is 0. The van der Waals surface area contributed by atoms with Crippen LogP contribution in [-0.2, 0) is 27.9 Å². The number of carbonyl (C=O) groups is 2. The summed E-state index contributed by atoms with van der Waals surface area (Å²) in [5, 5.41) is 10.6. The molecule has 0 fully saturated rings. The van der Waals surface area contributed by atoms with Crippen molar-refractivity contribution in [2.75, 3.05) is 6.61 Å². The molecule has 0 aromatic heterocycles. The van der Waals surface area contributed by atoms with Crippen molar-refractivity contribution in [1.29, 1.82) is 0 Å². The molecule has 0 radical (unpaired) electrons. The molecule has 0 rings (SSSR count). The van der Waals surface area contributed by atoms with Crippen LogP contribution in [0.2, 0.25) is 33.2 Å². The molecule has 9 heteroatoms. The maximum absolute atomic E-state index is 13.1. The van der Waals surface area contributed by atoms with Crippen LogP contribution in [0.5, 0.6) is 0 Å². The summed E-state index contributed by atoms with van der Waals surface area (Å²) in [6.45, 7) is 33.3. The summed E-state index contributed by atoms with van der Waals surface area (Å²) in [5.41, 5.74) is 1.86. The molecule has 0 aromatic carbocycles. The van der Waals surface area contributed by atoms with Crippen molar-refractivity contribution < 1.29 is 33.0 Å². The van der Waals surface area contributed by atoms with Crippen LogP contribution in [0.1, 0.15) is 96.9 Å². The molecule has 7 nitrogen and oxygen atoms in total. The number of ether oxygens (including phenoxy) is 2. The van der Waals surface area contributed by atoms with Crippen LogP contribution in [0.25, 0.3) is 0 Å². The van der Waals surface area contributed by atoms with Gasteiger partial charge in [-0.15, -0.1) is 0 Å². The molecule has 0 aliphatic heterocycles. The molecule has 42 heavy (non-hydrogen) atoms. The second kappa shape index (κ2) is 18.3. The zero-order chi connectivity index (χ0) is 33.0. The van der Waals surface area contributed by atoms with Crippen LogP contribution in [0.15, 0.2) is 37.0 Å². The molecule has 0 heterocycles. The molecule has 0 saturated carbocycles. The van der Waals surface area contributed by atoms with Crippen molar-refractivity contribution >= 4 is 28.6 Å². The molecule has 244 valence electrons. The highest BCUT2D eigenvalue weighted by Crippen LogP contribution is 2.44. The average Bonchev–Trinajstić information content (AvgIpc) is 2.85. The van der Waals surface area contributed by atoms with E-state index < -0.39 is 53.0 Å². The fourth-order valence-corrected chi connectivity index (χ4v) is 17.8. The van der Waals surface area contributed by atoms with E-state index in [2.05, 4.69) is 89.7 Å². The Bertz CT molecular complexity index is 847. The first-order chi connectivity index (χ1) is 19.3. The highest BCUT2D eigenvalue weighted by molar-refractivity contribution is 6.78. The molecule has 0 spiro atoms. The van der Waals surface area contributed by atoms with E-state index in [1.807, 2.05) is 0 Å². The Kier molecular flexibility index (Phi) is 17.7. The van der Waals surface area contributed by atoms with Crippen LogP contribution in [0.4, 0.5) is 0 Å².